The second kappa shape index (κ2) is 5.23. The highest BCUT2D eigenvalue weighted by molar-refractivity contribution is 7.99. The van der Waals surface area contributed by atoms with Crippen LogP contribution < -0.4 is 16.2 Å². The highest BCUT2D eigenvalue weighted by atomic mass is 32.2. The third-order valence-corrected chi connectivity index (χ3v) is 3.48. The number of rotatable bonds is 2. The van der Waals surface area contributed by atoms with Gasteiger partial charge in [-0.2, -0.15) is 11.8 Å². The van der Waals surface area contributed by atoms with Gasteiger partial charge in [0.2, 0.25) is 0 Å². The van der Waals surface area contributed by atoms with E-state index in [1.165, 1.54) is 17.9 Å². The second-order valence-corrected chi connectivity index (χ2v) is 4.70. The van der Waals surface area contributed by atoms with Gasteiger partial charge in [-0.3, -0.25) is 0 Å². The van der Waals surface area contributed by atoms with E-state index < -0.39 is 0 Å². The maximum Gasteiger partial charge on any atom is 0.142 e. The van der Waals surface area contributed by atoms with Gasteiger partial charge in [0.05, 0.1) is 0 Å². The van der Waals surface area contributed by atoms with Gasteiger partial charge < -0.3 is 10.3 Å². The highest BCUT2D eigenvalue weighted by Gasteiger charge is 2.10. The smallest absolute Gasteiger partial charge is 0.142 e. The molecule has 1 aromatic rings. The van der Waals surface area contributed by atoms with E-state index in [4.69, 9.17) is 5.84 Å². The van der Waals surface area contributed by atoms with Crippen molar-refractivity contribution in [2.45, 2.75) is 6.42 Å². The number of anilines is 2. The normalized spacial score (nSPS) is 17.3. The molecule has 4 nitrogen and oxygen atoms in total. The molecular weight excluding hydrogens is 208 g/mol. The summed E-state index contributed by atoms with van der Waals surface area (Å²) in [6.45, 7) is 2.17. The summed E-state index contributed by atoms with van der Waals surface area (Å²) in [6, 6.07) is 5.89. The Bertz CT molecular complexity index is 310. The van der Waals surface area contributed by atoms with E-state index in [-0.39, 0.29) is 0 Å². The largest absolute Gasteiger partial charge is 0.356 e. The first-order valence-corrected chi connectivity index (χ1v) is 6.32. The Kier molecular flexibility index (Phi) is 3.69. The number of aromatic nitrogens is 1. The van der Waals surface area contributed by atoms with Gasteiger partial charge in [0.15, 0.2) is 0 Å². The maximum atomic E-state index is 5.34. The monoisotopic (exact) mass is 224 g/mol. The third-order valence-electron chi connectivity index (χ3n) is 2.43. The molecule has 0 aromatic carbocycles. The van der Waals surface area contributed by atoms with Crippen LogP contribution in [-0.2, 0) is 0 Å². The Balaban J connectivity index is 2.12. The van der Waals surface area contributed by atoms with Gasteiger partial charge in [-0.05, 0) is 24.3 Å². The molecule has 0 atom stereocenters. The standard InChI is InChI=1S/C10H16N4S/c11-13-9-3-1-4-10(12-9)14-5-2-7-15-8-6-14/h1,3-4H,2,5-8,11H2,(H,12,13). The number of thioether (sulfide) groups is 1. The summed E-state index contributed by atoms with van der Waals surface area (Å²) in [5, 5.41) is 0. The van der Waals surface area contributed by atoms with E-state index in [0.29, 0.717) is 0 Å². The SMILES string of the molecule is NNc1cccc(N2CCCSCC2)n1. The summed E-state index contributed by atoms with van der Waals surface area (Å²) < 4.78 is 0. The van der Waals surface area contributed by atoms with Crippen molar-refractivity contribution in [1.29, 1.82) is 0 Å². The van der Waals surface area contributed by atoms with Gasteiger partial charge in [0.25, 0.3) is 0 Å². The molecule has 0 amide bonds. The maximum absolute atomic E-state index is 5.34. The minimum atomic E-state index is 0.726. The third kappa shape index (κ3) is 2.76. The lowest BCUT2D eigenvalue weighted by atomic mass is 10.3. The van der Waals surface area contributed by atoms with Crippen LogP contribution in [0.4, 0.5) is 11.6 Å². The zero-order chi connectivity index (χ0) is 10.5. The number of nitrogens with one attached hydrogen (secondary N) is 1. The fraction of sp³-hybridized carbons (Fsp3) is 0.500. The Morgan fingerprint density at radius 1 is 1.33 bits per heavy atom. The zero-order valence-corrected chi connectivity index (χ0v) is 9.46. The van der Waals surface area contributed by atoms with Crippen LogP contribution in [0.15, 0.2) is 18.2 Å². The molecule has 1 aliphatic heterocycles. The molecule has 2 rings (SSSR count). The van der Waals surface area contributed by atoms with Crippen LogP contribution in [0, 0.1) is 0 Å². The molecule has 1 saturated heterocycles. The number of nitrogens with zero attached hydrogens (tertiary/aromatic N) is 2. The number of hydrogen-bond acceptors (Lipinski definition) is 5. The number of nitrogen functional groups attached to an aromatic ring is 1. The van der Waals surface area contributed by atoms with Crippen molar-refractivity contribution >= 4 is 23.4 Å². The molecule has 82 valence electrons. The minimum absolute atomic E-state index is 0.726. The van der Waals surface area contributed by atoms with Gasteiger partial charge in [-0.25, -0.2) is 10.8 Å². The first-order valence-electron chi connectivity index (χ1n) is 5.16. The van der Waals surface area contributed by atoms with Crippen molar-refractivity contribution in [3.63, 3.8) is 0 Å². The lowest BCUT2D eigenvalue weighted by molar-refractivity contribution is 0.802. The molecule has 15 heavy (non-hydrogen) atoms. The predicted octanol–water partition coefficient (Wildman–Crippen LogP) is 1.31. The fourth-order valence-electron chi connectivity index (χ4n) is 1.65. The number of hydrogen-bond donors (Lipinski definition) is 2. The molecule has 1 fully saturated rings. The summed E-state index contributed by atoms with van der Waals surface area (Å²) in [4.78, 5) is 6.76. The van der Waals surface area contributed by atoms with Crippen molar-refractivity contribution in [3.05, 3.63) is 18.2 Å². The van der Waals surface area contributed by atoms with E-state index in [0.717, 1.165) is 24.7 Å². The molecule has 0 spiro atoms. The zero-order valence-electron chi connectivity index (χ0n) is 8.65. The summed E-state index contributed by atoms with van der Waals surface area (Å²) in [5.41, 5.74) is 2.58. The average molecular weight is 224 g/mol. The van der Waals surface area contributed by atoms with Crippen LogP contribution in [0.2, 0.25) is 0 Å². The molecule has 0 aliphatic carbocycles. The van der Waals surface area contributed by atoms with Crippen molar-refractivity contribution < 1.29 is 0 Å². The number of hydrazine groups is 1. The molecule has 1 aliphatic rings. The summed E-state index contributed by atoms with van der Waals surface area (Å²) in [5.74, 6) is 9.53. The van der Waals surface area contributed by atoms with Crippen LogP contribution in [-0.4, -0.2) is 29.6 Å². The molecule has 0 unspecified atom stereocenters. The van der Waals surface area contributed by atoms with Crippen molar-refractivity contribution in [2.24, 2.45) is 5.84 Å². The van der Waals surface area contributed by atoms with Gasteiger partial charge in [0, 0.05) is 18.8 Å². The van der Waals surface area contributed by atoms with Crippen LogP contribution in [0.5, 0.6) is 0 Å². The molecule has 0 radical (unpaired) electrons. The second-order valence-electron chi connectivity index (χ2n) is 3.48. The fourth-order valence-corrected chi connectivity index (χ4v) is 2.54. The summed E-state index contributed by atoms with van der Waals surface area (Å²) in [7, 11) is 0. The molecule has 3 N–H and O–H groups in total. The van der Waals surface area contributed by atoms with Crippen LogP contribution in [0.3, 0.4) is 0 Å². The Labute approximate surface area is 94.2 Å². The molecule has 5 heteroatoms. The van der Waals surface area contributed by atoms with Crippen molar-refractivity contribution in [1.82, 2.24) is 4.98 Å². The average Bonchev–Trinajstić information content (AvgIpc) is 2.58. The van der Waals surface area contributed by atoms with Gasteiger partial charge in [0.1, 0.15) is 11.6 Å². The van der Waals surface area contributed by atoms with Crippen LogP contribution in [0.25, 0.3) is 0 Å². The highest BCUT2D eigenvalue weighted by Crippen LogP contribution is 2.18. The minimum Gasteiger partial charge on any atom is -0.356 e. The molecule has 2 heterocycles. The lowest BCUT2D eigenvalue weighted by Gasteiger charge is -2.21. The quantitative estimate of drug-likeness (QED) is 0.586. The first kappa shape index (κ1) is 10.6. The molecule has 1 aromatic heterocycles. The van der Waals surface area contributed by atoms with Gasteiger partial charge >= 0.3 is 0 Å². The molecule has 0 bridgehead atoms. The van der Waals surface area contributed by atoms with E-state index in [1.54, 1.807) is 0 Å². The van der Waals surface area contributed by atoms with E-state index in [2.05, 4.69) is 15.3 Å². The summed E-state index contributed by atoms with van der Waals surface area (Å²) >= 11 is 2.01. The van der Waals surface area contributed by atoms with E-state index in [1.807, 2.05) is 30.0 Å². The first-order chi connectivity index (χ1) is 7.40. The predicted molar refractivity (Wildman–Crippen MR) is 66.2 cm³/mol. The van der Waals surface area contributed by atoms with Gasteiger partial charge in [-0.1, -0.05) is 6.07 Å². The van der Waals surface area contributed by atoms with Crippen molar-refractivity contribution in [3.8, 4) is 0 Å². The number of pyridine rings is 1. The van der Waals surface area contributed by atoms with E-state index >= 15 is 0 Å². The Morgan fingerprint density at radius 2 is 2.27 bits per heavy atom. The number of nitrogens with two attached hydrogens (primary N) is 1. The van der Waals surface area contributed by atoms with Crippen LogP contribution >= 0.6 is 11.8 Å². The Hall–Kier alpha value is -0.940. The molecular formula is C10H16N4S. The lowest BCUT2D eigenvalue weighted by Crippen LogP contribution is -2.26. The van der Waals surface area contributed by atoms with Gasteiger partial charge in [-0.15, -0.1) is 0 Å². The molecule has 0 saturated carbocycles. The van der Waals surface area contributed by atoms with Crippen LogP contribution in [0.1, 0.15) is 6.42 Å². The van der Waals surface area contributed by atoms with E-state index in [9.17, 15) is 0 Å². The Morgan fingerprint density at radius 3 is 3.13 bits per heavy atom. The van der Waals surface area contributed by atoms with Crippen molar-refractivity contribution in [2.75, 3.05) is 34.9 Å². The topological polar surface area (TPSA) is 54.2 Å². The summed E-state index contributed by atoms with van der Waals surface area (Å²) in [6.07, 6.45) is 1.23.